The van der Waals surface area contributed by atoms with Crippen LogP contribution in [0.1, 0.15) is 24.0 Å². The maximum Gasteiger partial charge on any atom is 0.417 e. The van der Waals surface area contributed by atoms with Crippen molar-refractivity contribution in [3.63, 3.8) is 0 Å². The van der Waals surface area contributed by atoms with E-state index >= 15 is 0 Å². The second kappa shape index (κ2) is 6.66. The van der Waals surface area contributed by atoms with Gasteiger partial charge in [-0.1, -0.05) is 6.07 Å². The molecule has 23 heavy (non-hydrogen) atoms. The van der Waals surface area contributed by atoms with Crippen molar-refractivity contribution in [1.82, 2.24) is 0 Å². The van der Waals surface area contributed by atoms with Gasteiger partial charge >= 0.3 is 22.5 Å². The highest BCUT2D eigenvalue weighted by molar-refractivity contribution is 7.87. The summed E-state index contributed by atoms with van der Waals surface area (Å²) in [6.45, 7) is 0. The first-order chi connectivity index (χ1) is 10.4. The minimum absolute atomic E-state index is 0.557. The number of alkyl halides is 6. The maximum absolute atomic E-state index is 12.7. The number of hydrogen-bond acceptors (Lipinski definition) is 4. The van der Waals surface area contributed by atoms with E-state index in [0.717, 1.165) is 12.1 Å². The third-order valence-corrected chi connectivity index (χ3v) is 3.74. The van der Waals surface area contributed by atoms with Gasteiger partial charge in [0.2, 0.25) is 0 Å². The number of nitriles is 1. The van der Waals surface area contributed by atoms with E-state index < -0.39 is 57.9 Å². The predicted molar refractivity (Wildman–Crippen MR) is 65.9 cm³/mol. The van der Waals surface area contributed by atoms with Crippen molar-refractivity contribution in [2.75, 3.05) is 5.75 Å². The summed E-state index contributed by atoms with van der Waals surface area (Å²) < 4.78 is 101. The van der Waals surface area contributed by atoms with E-state index in [0.29, 0.717) is 6.07 Å². The Morgan fingerprint density at radius 2 is 1.74 bits per heavy atom. The fraction of sp³-hybridized carbons (Fsp3) is 0.417. The summed E-state index contributed by atoms with van der Waals surface area (Å²) >= 11 is 0. The van der Waals surface area contributed by atoms with Gasteiger partial charge in [0.1, 0.15) is 11.6 Å². The summed E-state index contributed by atoms with van der Waals surface area (Å²) in [5.41, 5.74) is -2.46. The summed E-state index contributed by atoms with van der Waals surface area (Å²) in [7, 11) is -4.57. The van der Waals surface area contributed by atoms with Gasteiger partial charge in [0.15, 0.2) is 5.75 Å². The molecule has 0 bridgehead atoms. The van der Waals surface area contributed by atoms with Crippen LogP contribution in [0.3, 0.4) is 0 Å². The molecule has 0 aliphatic heterocycles. The number of halogens is 6. The predicted octanol–water partition coefficient (Wildman–Crippen LogP) is 3.63. The molecule has 0 heterocycles. The van der Waals surface area contributed by atoms with E-state index in [2.05, 4.69) is 4.18 Å². The fourth-order valence-electron chi connectivity index (χ4n) is 1.58. The van der Waals surface area contributed by atoms with Gasteiger partial charge in [0.25, 0.3) is 0 Å². The smallest absolute Gasteiger partial charge is 0.381 e. The molecular weight excluding hydrogens is 352 g/mol. The van der Waals surface area contributed by atoms with Gasteiger partial charge in [0.05, 0.1) is 11.3 Å². The molecule has 4 nitrogen and oxygen atoms in total. The van der Waals surface area contributed by atoms with Crippen LogP contribution in [0, 0.1) is 11.3 Å². The Bertz CT molecular complexity index is 703. The molecule has 0 aliphatic rings. The van der Waals surface area contributed by atoms with Crippen LogP contribution in [-0.2, 0) is 16.3 Å². The average molecular weight is 361 g/mol. The lowest BCUT2D eigenvalue weighted by atomic mass is 10.1. The Balaban J connectivity index is 2.99. The first-order valence-corrected chi connectivity index (χ1v) is 7.53. The second-order valence-electron chi connectivity index (χ2n) is 4.35. The van der Waals surface area contributed by atoms with Crippen LogP contribution >= 0.6 is 0 Å². The van der Waals surface area contributed by atoms with Crippen LogP contribution in [0.25, 0.3) is 0 Å². The maximum atomic E-state index is 12.7. The zero-order valence-corrected chi connectivity index (χ0v) is 12.0. The molecule has 1 aromatic rings. The van der Waals surface area contributed by atoms with E-state index in [1.54, 1.807) is 0 Å². The zero-order valence-electron chi connectivity index (χ0n) is 11.2. The monoisotopic (exact) mass is 361 g/mol. The number of nitrogens with zero attached hydrogens (tertiary/aromatic N) is 1. The molecule has 1 aromatic carbocycles. The number of rotatable bonds is 5. The van der Waals surface area contributed by atoms with E-state index in [-0.39, 0.29) is 0 Å². The molecule has 0 atom stereocenters. The number of hydrogen-bond donors (Lipinski definition) is 0. The first-order valence-electron chi connectivity index (χ1n) is 5.95. The van der Waals surface area contributed by atoms with E-state index in [9.17, 15) is 34.8 Å². The standard InChI is InChI=1S/C12H9F6NO3S/c13-11(14,15)5-2-6-23(20,21)22-10-4-1-3-9(8(10)7-19)12(16,17)18/h1,3-4H,2,5-6H2. The molecule has 0 spiro atoms. The molecular formula is C12H9F6NO3S. The normalized spacial score (nSPS) is 12.7. The molecule has 0 amide bonds. The lowest BCUT2D eigenvalue weighted by molar-refractivity contribution is -0.138. The van der Waals surface area contributed by atoms with Crippen molar-refractivity contribution in [1.29, 1.82) is 5.26 Å². The quantitative estimate of drug-likeness (QED) is 0.593. The highest BCUT2D eigenvalue weighted by Crippen LogP contribution is 2.36. The molecule has 0 radical (unpaired) electrons. The summed E-state index contributed by atoms with van der Waals surface area (Å²) in [4.78, 5) is 0. The molecule has 128 valence electrons. The summed E-state index contributed by atoms with van der Waals surface area (Å²) in [5.74, 6) is -1.93. The van der Waals surface area contributed by atoms with Gasteiger partial charge in [-0.05, 0) is 18.6 Å². The lowest BCUT2D eigenvalue weighted by Crippen LogP contribution is -2.18. The summed E-state index contributed by atoms with van der Waals surface area (Å²) in [6.07, 6.45) is -11.7. The fourth-order valence-corrected chi connectivity index (χ4v) is 2.57. The highest BCUT2D eigenvalue weighted by atomic mass is 32.2. The Kier molecular flexibility index (Phi) is 5.52. The van der Waals surface area contributed by atoms with Gasteiger partial charge < -0.3 is 4.18 Å². The molecule has 0 saturated carbocycles. The van der Waals surface area contributed by atoms with Crippen molar-refractivity contribution < 1.29 is 38.9 Å². The minimum Gasteiger partial charge on any atom is -0.381 e. The summed E-state index contributed by atoms with van der Waals surface area (Å²) in [6, 6.07) is 3.38. The molecule has 0 unspecified atom stereocenters. The summed E-state index contributed by atoms with van der Waals surface area (Å²) in [5, 5.41) is 8.77. The van der Waals surface area contributed by atoms with Crippen molar-refractivity contribution in [3.05, 3.63) is 29.3 Å². The highest BCUT2D eigenvalue weighted by Gasteiger charge is 2.35. The molecule has 0 fully saturated rings. The van der Waals surface area contributed by atoms with Crippen molar-refractivity contribution >= 4 is 10.1 Å². The van der Waals surface area contributed by atoms with Gasteiger partial charge in [-0.2, -0.15) is 40.0 Å². The Labute approximate surface area is 127 Å². The van der Waals surface area contributed by atoms with E-state index in [4.69, 9.17) is 5.26 Å². The van der Waals surface area contributed by atoms with Crippen molar-refractivity contribution in [3.8, 4) is 11.8 Å². The largest absolute Gasteiger partial charge is 0.417 e. The minimum atomic E-state index is -4.91. The van der Waals surface area contributed by atoms with Gasteiger partial charge in [-0.3, -0.25) is 0 Å². The van der Waals surface area contributed by atoms with Crippen LogP contribution in [0.5, 0.6) is 5.75 Å². The van der Waals surface area contributed by atoms with Gasteiger partial charge in [-0.25, -0.2) is 0 Å². The van der Waals surface area contributed by atoms with Gasteiger partial charge in [0, 0.05) is 6.42 Å². The lowest BCUT2D eigenvalue weighted by Gasteiger charge is -2.13. The third-order valence-electron chi connectivity index (χ3n) is 2.51. The van der Waals surface area contributed by atoms with E-state index in [1.165, 1.54) is 6.07 Å². The third kappa shape index (κ3) is 5.97. The van der Waals surface area contributed by atoms with Crippen LogP contribution in [0.2, 0.25) is 0 Å². The van der Waals surface area contributed by atoms with Crippen LogP contribution in [0.15, 0.2) is 18.2 Å². The average Bonchev–Trinajstić information content (AvgIpc) is 2.34. The van der Waals surface area contributed by atoms with Crippen molar-refractivity contribution in [2.24, 2.45) is 0 Å². The van der Waals surface area contributed by atoms with Crippen LogP contribution in [-0.4, -0.2) is 20.3 Å². The molecule has 0 N–H and O–H groups in total. The second-order valence-corrected chi connectivity index (χ2v) is 6.04. The Morgan fingerprint density at radius 1 is 1.13 bits per heavy atom. The number of benzene rings is 1. The van der Waals surface area contributed by atoms with Crippen molar-refractivity contribution in [2.45, 2.75) is 25.2 Å². The molecule has 1 rings (SSSR count). The topological polar surface area (TPSA) is 67.2 Å². The first kappa shape index (κ1) is 19.1. The van der Waals surface area contributed by atoms with Crippen LogP contribution < -0.4 is 4.18 Å². The van der Waals surface area contributed by atoms with Gasteiger partial charge in [-0.15, -0.1) is 0 Å². The Morgan fingerprint density at radius 3 is 2.22 bits per heavy atom. The van der Waals surface area contributed by atoms with Crippen LogP contribution in [0.4, 0.5) is 26.3 Å². The molecule has 0 saturated heterocycles. The molecule has 11 heteroatoms. The van der Waals surface area contributed by atoms with E-state index in [1.807, 2.05) is 0 Å². The Hall–Kier alpha value is -1.96. The SMILES string of the molecule is N#Cc1c(OS(=O)(=O)CCCC(F)(F)F)cccc1C(F)(F)F. The zero-order chi connectivity index (χ0) is 17.9. The molecule has 0 aromatic heterocycles. The molecule has 0 aliphatic carbocycles.